The lowest BCUT2D eigenvalue weighted by Crippen LogP contribution is -2.31. The molecule has 0 aliphatic rings. The molecule has 3 aromatic rings. The van der Waals surface area contributed by atoms with E-state index in [-0.39, 0.29) is 11.7 Å². The highest BCUT2D eigenvalue weighted by molar-refractivity contribution is 8.26. The van der Waals surface area contributed by atoms with Crippen molar-refractivity contribution in [2.24, 2.45) is 0 Å². The van der Waals surface area contributed by atoms with Gasteiger partial charge in [-0.3, -0.25) is 3.97 Å². The number of halogens is 1. The van der Waals surface area contributed by atoms with E-state index in [1.54, 1.807) is 0 Å². The summed E-state index contributed by atoms with van der Waals surface area (Å²) in [6.45, 7) is 7.90. The summed E-state index contributed by atoms with van der Waals surface area (Å²) in [4.78, 5) is 9.47. The first kappa shape index (κ1) is 22.5. The number of aliphatic hydroxyl groups is 2. The van der Waals surface area contributed by atoms with Crippen molar-refractivity contribution < 1.29 is 10.2 Å². The number of benzene rings is 1. The molecule has 148 valence electrons. The van der Waals surface area contributed by atoms with E-state index in [1.165, 1.54) is 0 Å². The highest BCUT2D eigenvalue weighted by Crippen LogP contribution is 2.39. The number of hydrogen-bond acceptors (Lipinski definition) is 4. The van der Waals surface area contributed by atoms with Crippen molar-refractivity contribution in [2.75, 3.05) is 0 Å². The number of hydrogen-bond donors (Lipinski definition) is 2. The zero-order valence-electron chi connectivity index (χ0n) is 16.6. The van der Waals surface area contributed by atoms with E-state index in [2.05, 4.69) is 21.7 Å². The molecule has 5 nitrogen and oxygen atoms in total. The van der Waals surface area contributed by atoms with Crippen molar-refractivity contribution in [1.82, 2.24) is 13.9 Å². The maximum absolute atomic E-state index is 9.59. The minimum Gasteiger partial charge on any atom is -0.375 e. The molecule has 0 aliphatic carbocycles. The number of nitrogens with zero attached hydrogens (tertiary/aromatic N) is 3. The molecule has 0 spiro atoms. The maximum atomic E-state index is 9.59. The second-order valence-corrected chi connectivity index (χ2v) is 9.37. The largest absolute Gasteiger partial charge is 0.375 e. The lowest BCUT2D eigenvalue weighted by molar-refractivity contribution is -0.0837. The predicted molar refractivity (Wildman–Crippen MR) is 122 cm³/mol. The highest BCUT2D eigenvalue weighted by atomic mass is 35.5. The molecule has 2 heterocycles. The Kier molecular flexibility index (Phi) is 6.66. The summed E-state index contributed by atoms with van der Waals surface area (Å²) in [5.74, 6) is 8.69. The van der Waals surface area contributed by atoms with Crippen LogP contribution in [0.5, 0.6) is 0 Å². The van der Waals surface area contributed by atoms with E-state index >= 15 is 0 Å². The van der Waals surface area contributed by atoms with E-state index in [9.17, 15) is 10.2 Å². The first-order valence-electron chi connectivity index (χ1n) is 8.83. The van der Waals surface area contributed by atoms with Crippen LogP contribution in [0.4, 0.5) is 0 Å². The van der Waals surface area contributed by atoms with Crippen LogP contribution in [-0.2, 0) is 6.42 Å². The summed E-state index contributed by atoms with van der Waals surface area (Å²) in [6.07, 6.45) is 1.61. The molecule has 0 unspecified atom stereocenters. The third kappa shape index (κ3) is 4.60. The molecule has 2 N–H and O–H groups in total. The van der Waals surface area contributed by atoms with Crippen LogP contribution in [0.15, 0.2) is 35.4 Å². The Balaban J connectivity index is 0.00000136. The van der Waals surface area contributed by atoms with Gasteiger partial charge in [-0.05, 0) is 43.1 Å². The average Bonchev–Trinajstić information content (AvgIpc) is 2.93. The number of aromatic nitrogens is 3. The van der Waals surface area contributed by atoms with E-state index in [4.69, 9.17) is 19.4 Å². The van der Waals surface area contributed by atoms with Gasteiger partial charge in [0.05, 0.1) is 5.69 Å². The fourth-order valence-corrected chi connectivity index (χ4v) is 4.75. The Morgan fingerprint density at radius 2 is 1.71 bits per heavy atom. The molecule has 0 saturated carbocycles. The van der Waals surface area contributed by atoms with Crippen LogP contribution in [0.1, 0.15) is 30.7 Å². The quantitative estimate of drug-likeness (QED) is 0.295. The number of fused-ring (bicyclic) bond motifs is 1. The van der Waals surface area contributed by atoms with Crippen LogP contribution < -0.4 is 0 Å². The first-order chi connectivity index (χ1) is 13.0. The summed E-state index contributed by atoms with van der Waals surface area (Å²) in [6, 6.07) is 8.03. The minimum absolute atomic E-state index is 0.00444. The molecule has 2 radical (unpaired) electrons. The Hall–Kier alpha value is -1.80. The standard InChI is InChI=1S/C18H19BClN3O2S.C2H6/c1-11-5-7-13(8-6-11)26(3,4)23-10-12(2)15-14(9-18(19,24)25)21-17(20)22-16(15)23;1-2/h5-8,10,24-25H,3-4,9H2,1-2H3;1-2H3. The Bertz CT molecular complexity index is 1090. The third-order valence-corrected chi connectivity index (χ3v) is 6.47. The molecular weight excluding hydrogens is 393 g/mol. The van der Waals surface area contributed by atoms with Crippen LogP contribution in [-0.4, -0.2) is 49.4 Å². The maximum Gasteiger partial charge on any atom is 0.224 e. The molecule has 3 rings (SSSR count). The molecule has 1 aromatic carbocycles. The highest BCUT2D eigenvalue weighted by Gasteiger charge is 2.23. The van der Waals surface area contributed by atoms with E-state index in [0.29, 0.717) is 16.7 Å². The fraction of sp³-hybridized carbons (Fsp3) is 0.300. The monoisotopic (exact) mass is 417 g/mol. The summed E-state index contributed by atoms with van der Waals surface area (Å²) in [5.41, 5.74) is 0.516. The van der Waals surface area contributed by atoms with Gasteiger partial charge in [0.15, 0.2) is 13.5 Å². The number of aryl methyl sites for hydroxylation is 2. The molecule has 0 amide bonds. The van der Waals surface area contributed by atoms with Gasteiger partial charge in [0.2, 0.25) is 5.28 Å². The minimum atomic E-state index is -2.39. The first-order valence-corrected chi connectivity index (χ1v) is 11.1. The molecule has 0 atom stereocenters. The van der Waals surface area contributed by atoms with Crippen molar-refractivity contribution in [3.63, 3.8) is 0 Å². The van der Waals surface area contributed by atoms with Gasteiger partial charge in [0, 0.05) is 22.9 Å². The molecule has 28 heavy (non-hydrogen) atoms. The lowest BCUT2D eigenvalue weighted by Gasteiger charge is -2.19. The van der Waals surface area contributed by atoms with Crippen LogP contribution in [0.25, 0.3) is 11.0 Å². The SMILES string of the molecule is CC.[B]C(O)(O)Cc1nc(Cl)nc2c1c(C)cn2S(=C)(=C)c1ccc(C)cc1. The van der Waals surface area contributed by atoms with Crippen LogP contribution in [0.2, 0.25) is 5.28 Å². The zero-order valence-corrected chi connectivity index (χ0v) is 18.2. The van der Waals surface area contributed by atoms with Gasteiger partial charge in [-0.15, -0.1) is 9.39 Å². The van der Waals surface area contributed by atoms with E-state index in [0.717, 1.165) is 16.0 Å². The lowest BCUT2D eigenvalue weighted by atomic mass is 9.89. The third-order valence-electron chi connectivity index (χ3n) is 4.12. The topological polar surface area (TPSA) is 71.2 Å². The van der Waals surface area contributed by atoms with Gasteiger partial charge < -0.3 is 10.2 Å². The van der Waals surface area contributed by atoms with E-state index in [1.807, 2.05) is 62.1 Å². The normalized spacial score (nSPS) is 12.0. The summed E-state index contributed by atoms with van der Waals surface area (Å²) in [7, 11) is 3.41. The Labute approximate surface area is 173 Å². The molecular formula is C20H25BClN3O2S. The Morgan fingerprint density at radius 1 is 1.14 bits per heavy atom. The van der Waals surface area contributed by atoms with E-state index < -0.39 is 15.1 Å². The van der Waals surface area contributed by atoms with Crippen LogP contribution in [0.3, 0.4) is 0 Å². The average molecular weight is 418 g/mol. The smallest absolute Gasteiger partial charge is 0.224 e. The van der Waals surface area contributed by atoms with Gasteiger partial charge in [0.1, 0.15) is 5.69 Å². The summed E-state index contributed by atoms with van der Waals surface area (Å²) in [5, 5.41) is 19.8. The van der Waals surface area contributed by atoms with Crippen LogP contribution >= 0.6 is 21.0 Å². The predicted octanol–water partition coefficient (Wildman–Crippen LogP) is 3.57. The van der Waals surface area contributed by atoms with Gasteiger partial charge in [0.25, 0.3) is 0 Å². The molecule has 8 heteroatoms. The molecule has 0 fully saturated rings. The number of rotatable bonds is 4. The van der Waals surface area contributed by atoms with Crippen LogP contribution in [0, 0.1) is 13.8 Å². The zero-order chi connectivity index (χ0) is 21.3. The molecule has 0 saturated heterocycles. The van der Waals surface area contributed by atoms with Crippen molar-refractivity contribution >= 4 is 51.6 Å². The molecule has 0 bridgehead atoms. The van der Waals surface area contributed by atoms with Gasteiger partial charge in [-0.25, -0.2) is 4.98 Å². The van der Waals surface area contributed by atoms with Crippen molar-refractivity contribution in [2.45, 2.75) is 44.7 Å². The second-order valence-electron chi connectivity index (χ2n) is 6.49. The Morgan fingerprint density at radius 3 is 2.25 bits per heavy atom. The molecule has 2 aromatic heterocycles. The summed E-state index contributed by atoms with van der Waals surface area (Å²) >= 11 is 6.08. The van der Waals surface area contributed by atoms with Gasteiger partial charge in [-0.2, -0.15) is 4.98 Å². The summed E-state index contributed by atoms with van der Waals surface area (Å²) < 4.78 is 1.90. The van der Waals surface area contributed by atoms with Crippen molar-refractivity contribution in [3.05, 3.63) is 52.6 Å². The van der Waals surface area contributed by atoms with Crippen molar-refractivity contribution in [3.8, 4) is 0 Å². The second kappa shape index (κ2) is 8.29. The fourth-order valence-electron chi connectivity index (χ4n) is 2.88. The van der Waals surface area contributed by atoms with Gasteiger partial charge in [-0.1, -0.05) is 43.3 Å². The molecule has 0 aliphatic heterocycles. The van der Waals surface area contributed by atoms with Crippen molar-refractivity contribution in [1.29, 1.82) is 0 Å². The van der Waals surface area contributed by atoms with Gasteiger partial charge >= 0.3 is 0 Å².